The predicted octanol–water partition coefficient (Wildman–Crippen LogP) is 2.73. The fourth-order valence-electron chi connectivity index (χ4n) is 1.97. The molecule has 0 aliphatic rings. The van der Waals surface area contributed by atoms with Crippen LogP contribution in [-0.2, 0) is 6.54 Å². The van der Waals surface area contributed by atoms with Crippen LogP contribution >= 0.6 is 23.6 Å². The lowest BCUT2D eigenvalue weighted by atomic mass is 10.1. The molecule has 0 aliphatic heterocycles. The second-order valence-electron chi connectivity index (χ2n) is 4.46. The smallest absolute Gasteiger partial charge is 0.120 e. The van der Waals surface area contributed by atoms with Gasteiger partial charge in [-0.15, -0.1) is 11.3 Å². The number of nitrogens with zero attached hydrogens (tertiary/aromatic N) is 2. The van der Waals surface area contributed by atoms with Crippen LogP contribution in [-0.4, -0.2) is 24.1 Å². The second kappa shape index (κ2) is 6.19. The average Bonchev–Trinajstić information content (AvgIpc) is 2.83. The molecule has 1 aromatic carbocycles. The third-order valence-electron chi connectivity index (χ3n) is 2.95. The van der Waals surface area contributed by atoms with E-state index in [9.17, 15) is 0 Å². The molecule has 0 atom stereocenters. The van der Waals surface area contributed by atoms with E-state index < -0.39 is 0 Å². The summed E-state index contributed by atoms with van der Waals surface area (Å²) in [7, 11) is 3.63. The Bertz CT molecular complexity index is 625. The van der Waals surface area contributed by atoms with Gasteiger partial charge in [0.1, 0.15) is 10.7 Å². The maximum atomic E-state index is 5.79. The van der Waals surface area contributed by atoms with E-state index in [1.54, 1.807) is 18.4 Å². The van der Waals surface area contributed by atoms with Crippen molar-refractivity contribution < 1.29 is 4.74 Å². The molecular formula is C14H17N3OS2. The first kappa shape index (κ1) is 14.7. The van der Waals surface area contributed by atoms with Crippen molar-refractivity contribution in [3.05, 3.63) is 39.8 Å². The van der Waals surface area contributed by atoms with Crippen LogP contribution in [0.3, 0.4) is 0 Å². The maximum absolute atomic E-state index is 5.79. The number of methoxy groups -OCH3 is 1. The molecule has 0 unspecified atom stereocenters. The Morgan fingerprint density at radius 3 is 2.80 bits per heavy atom. The topological polar surface area (TPSA) is 51.4 Å². The van der Waals surface area contributed by atoms with Gasteiger partial charge < -0.3 is 15.4 Å². The van der Waals surface area contributed by atoms with Crippen LogP contribution in [0, 0.1) is 6.92 Å². The number of hydrogen-bond acceptors (Lipinski definition) is 5. The van der Waals surface area contributed by atoms with Gasteiger partial charge in [-0.25, -0.2) is 4.98 Å². The molecule has 0 fully saturated rings. The van der Waals surface area contributed by atoms with Crippen molar-refractivity contribution in [3.63, 3.8) is 0 Å². The van der Waals surface area contributed by atoms with Crippen LogP contribution in [0.4, 0.5) is 5.69 Å². The predicted molar refractivity (Wildman–Crippen MR) is 87.8 cm³/mol. The lowest BCUT2D eigenvalue weighted by molar-refractivity contribution is 0.415. The van der Waals surface area contributed by atoms with E-state index >= 15 is 0 Å². The van der Waals surface area contributed by atoms with Crippen molar-refractivity contribution >= 4 is 34.2 Å². The molecule has 0 bridgehead atoms. The molecule has 2 N–H and O–H groups in total. The lowest BCUT2D eigenvalue weighted by Crippen LogP contribution is -2.21. The van der Waals surface area contributed by atoms with Gasteiger partial charge in [-0.3, -0.25) is 0 Å². The van der Waals surface area contributed by atoms with Gasteiger partial charge in [-0.2, -0.15) is 0 Å². The van der Waals surface area contributed by atoms with Crippen molar-refractivity contribution in [2.75, 3.05) is 19.1 Å². The number of thiocarbonyl (C=S) groups is 1. The molecule has 0 spiro atoms. The number of ether oxygens (including phenoxy) is 1. The van der Waals surface area contributed by atoms with Crippen molar-refractivity contribution in [2.45, 2.75) is 13.5 Å². The number of aryl methyl sites for hydroxylation is 1. The van der Waals surface area contributed by atoms with Crippen LogP contribution in [0.15, 0.2) is 23.6 Å². The summed E-state index contributed by atoms with van der Waals surface area (Å²) in [6, 6.07) is 5.69. The van der Waals surface area contributed by atoms with E-state index in [0.717, 1.165) is 27.7 Å². The largest absolute Gasteiger partial charge is 0.497 e. The summed E-state index contributed by atoms with van der Waals surface area (Å²) in [5, 5.41) is 3.13. The highest BCUT2D eigenvalue weighted by molar-refractivity contribution is 7.80. The van der Waals surface area contributed by atoms with Gasteiger partial charge in [-0.1, -0.05) is 12.2 Å². The first-order valence-corrected chi connectivity index (χ1v) is 7.40. The first-order valence-electron chi connectivity index (χ1n) is 6.11. The molecule has 1 aromatic heterocycles. The second-order valence-corrected chi connectivity index (χ2v) is 5.96. The Hall–Kier alpha value is -1.66. The Morgan fingerprint density at radius 2 is 2.25 bits per heavy atom. The highest BCUT2D eigenvalue weighted by Gasteiger charge is 2.12. The fraction of sp³-hybridized carbons (Fsp3) is 0.286. The summed E-state index contributed by atoms with van der Waals surface area (Å²) in [4.78, 5) is 6.93. The molecule has 0 saturated heterocycles. The summed E-state index contributed by atoms with van der Waals surface area (Å²) in [6.07, 6.45) is 0. The molecule has 1 heterocycles. The third-order valence-corrected chi connectivity index (χ3v) is 3.99. The standard InChI is InChI=1S/C14H17N3OS2/c1-9-16-10(8-20-9)7-17(2)13-6-11(18-3)4-5-12(13)14(15)19/h4-6,8H,7H2,1-3H3,(H2,15,19). The van der Waals surface area contributed by atoms with Gasteiger partial charge in [0, 0.05) is 24.1 Å². The van der Waals surface area contributed by atoms with Crippen molar-refractivity contribution in [2.24, 2.45) is 5.73 Å². The molecule has 2 aromatic rings. The number of anilines is 1. The Morgan fingerprint density at radius 1 is 1.50 bits per heavy atom. The highest BCUT2D eigenvalue weighted by atomic mass is 32.1. The minimum absolute atomic E-state index is 0.379. The van der Waals surface area contributed by atoms with Gasteiger partial charge in [0.25, 0.3) is 0 Å². The number of benzene rings is 1. The molecule has 2 rings (SSSR count). The lowest BCUT2D eigenvalue weighted by Gasteiger charge is -2.22. The molecule has 0 aliphatic carbocycles. The van der Waals surface area contributed by atoms with Crippen molar-refractivity contribution in [1.29, 1.82) is 0 Å². The normalized spacial score (nSPS) is 10.3. The summed E-state index contributed by atoms with van der Waals surface area (Å²) in [5.74, 6) is 0.779. The van der Waals surface area contributed by atoms with Gasteiger partial charge in [-0.05, 0) is 19.1 Å². The zero-order valence-corrected chi connectivity index (χ0v) is 13.3. The summed E-state index contributed by atoms with van der Waals surface area (Å²) in [6.45, 7) is 2.70. The maximum Gasteiger partial charge on any atom is 0.120 e. The van der Waals surface area contributed by atoms with Crippen molar-refractivity contribution in [1.82, 2.24) is 4.98 Å². The molecule has 6 heteroatoms. The van der Waals surface area contributed by atoms with Gasteiger partial charge in [0.2, 0.25) is 0 Å². The van der Waals surface area contributed by atoms with E-state index in [0.29, 0.717) is 11.5 Å². The minimum atomic E-state index is 0.379. The van der Waals surface area contributed by atoms with Crippen molar-refractivity contribution in [3.8, 4) is 5.75 Å². The Labute approximate surface area is 128 Å². The number of thiazole rings is 1. The van der Waals surface area contributed by atoms with E-state index in [1.807, 2.05) is 32.2 Å². The third kappa shape index (κ3) is 3.26. The number of rotatable bonds is 5. The molecule has 20 heavy (non-hydrogen) atoms. The SMILES string of the molecule is COc1ccc(C(N)=S)c(N(C)Cc2csc(C)n2)c1. The molecule has 4 nitrogen and oxygen atoms in total. The van der Waals surface area contributed by atoms with E-state index in [4.69, 9.17) is 22.7 Å². The van der Waals surface area contributed by atoms with E-state index in [-0.39, 0.29) is 0 Å². The molecule has 0 amide bonds. The van der Waals surface area contributed by atoms with Gasteiger partial charge in [0.15, 0.2) is 0 Å². The van der Waals surface area contributed by atoms with Crippen LogP contribution in [0.5, 0.6) is 5.75 Å². The number of aromatic nitrogens is 1. The van der Waals surface area contributed by atoms with E-state index in [1.165, 1.54) is 0 Å². The molecule has 0 saturated carbocycles. The van der Waals surface area contributed by atoms with Crippen LogP contribution < -0.4 is 15.4 Å². The van der Waals surface area contributed by atoms with Gasteiger partial charge in [0.05, 0.1) is 30.0 Å². The fourth-order valence-corrected chi connectivity index (χ4v) is 2.75. The Balaban J connectivity index is 2.31. The quantitative estimate of drug-likeness (QED) is 0.861. The summed E-state index contributed by atoms with van der Waals surface area (Å²) < 4.78 is 5.27. The van der Waals surface area contributed by atoms with Gasteiger partial charge >= 0.3 is 0 Å². The minimum Gasteiger partial charge on any atom is -0.497 e. The average molecular weight is 307 g/mol. The van der Waals surface area contributed by atoms with E-state index in [2.05, 4.69) is 15.3 Å². The molecular weight excluding hydrogens is 290 g/mol. The number of nitrogens with two attached hydrogens (primary N) is 1. The molecule has 0 radical (unpaired) electrons. The zero-order valence-electron chi connectivity index (χ0n) is 11.7. The highest BCUT2D eigenvalue weighted by Crippen LogP contribution is 2.26. The van der Waals surface area contributed by atoms with Crippen LogP contribution in [0.1, 0.15) is 16.3 Å². The monoisotopic (exact) mass is 307 g/mol. The molecule has 106 valence electrons. The first-order chi connectivity index (χ1) is 9.51. The zero-order chi connectivity index (χ0) is 14.7. The summed E-state index contributed by atoms with van der Waals surface area (Å²) in [5.41, 5.74) is 8.62. The summed E-state index contributed by atoms with van der Waals surface area (Å²) >= 11 is 6.76. The van der Waals surface area contributed by atoms with Crippen LogP contribution in [0.2, 0.25) is 0 Å². The Kier molecular flexibility index (Phi) is 4.57. The van der Waals surface area contributed by atoms with Crippen LogP contribution in [0.25, 0.3) is 0 Å². The number of hydrogen-bond donors (Lipinski definition) is 1.